The summed E-state index contributed by atoms with van der Waals surface area (Å²) in [4.78, 5) is 11.1. The van der Waals surface area contributed by atoms with Gasteiger partial charge in [0, 0.05) is 39.4 Å². The molecule has 0 bridgehead atoms. The molecule has 0 fully saturated rings. The minimum atomic E-state index is 0.693. The van der Waals surface area contributed by atoms with Gasteiger partial charge in [0.05, 0.1) is 0 Å². The van der Waals surface area contributed by atoms with Crippen LogP contribution in [0, 0.1) is 13.8 Å². The van der Waals surface area contributed by atoms with E-state index in [9.17, 15) is 0 Å². The van der Waals surface area contributed by atoms with Crippen LogP contribution in [0.1, 0.15) is 36.1 Å². The van der Waals surface area contributed by atoms with Gasteiger partial charge in [-0.05, 0) is 50.5 Å². The van der Waals surface area contributed by atoms with Gasteiger partial charge in [-0.2, -0.15) is 0 Å². The number of anilines is 1. The predicted octanol–water partition coefficient (Wildman–Crippen LogP) is 3.41. The molecule has 0 amide bonds. The molecule has 0 radical (unpaired) electrons. The Balaban J connectivity index is 1.88. The van der Waals surface area contributed by atoms with Crippen molar-refractivity contribution in [2.75, 3.05) is 25.0 Å². The van der Waals surface area contributed by atoms with E-state index in [4.69, 9.17) is 0 Å². The van der Waals surface area contributed by atoms with Gasteiger partial charge in [-0.3, -0.25) is 4.99 Å². The lowest BCUT2D eigenvalue weighted by Crippen LogP contribution is -2.36. The molecule has 0 atom stereocenters. The van der Waals surface area contributed by atoms with E-state index in [1.54, 1.807) is 7.05 Å². The highest BCUT2D eigenvalue weighted by Gasteiger charge is 2.04. The number of benzene rings is 1. The van der Waals surface area contributed by atoms with Gasteiger partial charge < -0.3 is 15.5 Å². The van der Waals surface area contributed by atoms with Crippen molar-refractivity contribution in [3.05, 3.63) is 58.8 Å². The van der Waals surface area contributed by atoms with Crippen LogP contribution in [-0.2, 0) is 13.1 Å². The normalized spacial score (nSPS) is 11.3. The molecular formula is C21H31N5. The summed E-state index contributed by atoms with van der Waals surface area (Å²) in [6.45, 7) is 11.9. The first-order valence-corrected chi connectivity index (χ1v) is 9.27. The molecule has 2 rings (SSSR count). The number of aryl methyl sites for hydroxylation is 2. The minimum Gasteiger partial charge on any atom is -0.357 e. The number of guanidine groups is 1. The second-order valence-electron chi connectivity index (χ2n) is 6.41. The van der Waals surface area contributed by atoms with Crippen molar-refractivity contribution in [2.45, 2.75) is 40.8 Å². The molecule has 1 aromatic heterocycles. The summed E-state index contributed by atoms with van der Waals surface area (Å²) in [5.41, 5.74) is 5.00. The van der Waals surface area contributed by atoms with Gasteiger partial charge in [0.1, 0.15) is 5.82 Å². The Labute approximate surface area is 157 Å². The fourth-order valence-electron chi connectivity index (χ4n) is 2.89. The first kappa shape index (κ1) is 19.8. The third kappa shape index (κ3) is 5.48. The molecule has 26 heavy (non-hydrogen) atoms. The number of hydrogen-bond donors (Lipinski definition) is 2. The monoisotopic (exact) mass is 353 g/mol. The van der Waals surface area contributed by atoms with Gasteiger partial charge in [0.15, 0.2) is 5.96 Å². The lowest BCUT2D eigenvalue weighted by atomic mass is 10.1. The molecule has 0 aliphatic heterocycles. The highest BCUT2D eigenvalue weighted by molar-refractivity contribution is 5.79. The zero-order chi connectivity index (χ0) is 18.9. The van der Waals surface area contributed by atoms with E-state index in [2.05, 4.69) is 83.5 Å². The second-order valence-corrected chi connectivity index (χ2v) is 6.41. The Bertz CT molecular complexity index is 718. The van der Waals surface area contributed by atoms with E-state index >= 15 is 0 Å². The highest BCUT2D eigenvalue weighted by Crippen LogP contribution is 2.11. The predicted molar refractivity (Wildman–Crippen MR) is 111 cm³/mol. The van der Waals surface area contributed by atoms with E-state index < -0.39 is 0 Å². The molecule has 1 heterocycles. The summed E-state index contributed by atoms with van der Waals surface area (Å²) in [5, 5.41) is 6.72. The third-order valence-electron chi connectivity index (χ3n) is 4.52. The van der Waals surface area contributed by atoms with E-state index in [0.29, 0.717) is 6.54 Å². The average Bonchev–Trinajstić information content (AvgIpc) is 2.65. The molecule has 5 heteroatoms. The minimum absolute atomic E-state index is 0.693. The van der Waals surface area contributed by atoms with Gasteiger partial charge in [-0.25, -0.2) is 4.98 Å². The average molecular weight is 354 g/mol. The molecule has 0 spiro atoms. The number of aliphatic imine (C=N–C) groups is 1. The summed E-state index contributed by atoms with van der Waals surface area (Å²) in [6.07, 6.45) is 1.93. The quantitative estimate of drug-likeness (QED) is 0.592. The number of rotatable bonds is 7. The van der Waals surface area contributed by atoms with Gasteiger partial charge in [-0.1, -0.05) is 29.8 Å². The van der Waals surface area contributed by atoms with Crippen molar-refractivity contribution in [1.29, 1.82) is 0 Å². The standard InChI is InChI=1S/C21H31N5/c1-6-26(7-2)20-11-9-18(13-23-20)14-24-21(22-5)25-15-19-10-8-16(3)12-17(19)4/h8-13H,6-7,14-15H2,1-5H3,(H2,22,24,25). The molecule has 0 saturated heterocycles. The molecular weight excluding hydrogens is 322 g/mol. The molecule has 1 aromatic carbocycles. The van der Waals surface area contributed by atoms with Crippen molar-refractivity contribution in [3.8, 4) is 0 Å². The van der Waals surface area contributed by atoms with E-state index in [1.165, 1.54) is 16.7 Å². The van der Waals surface area contributed by atoms with Crippen LogP contribution < -0.4 is 15.5 Å². The number of pyridine rings is 1. The smallest absolute Gasteiger partial charge is 0.191 e. The van der Waals surface area contributed by atoms with Crippen LogP contribution in [0.25, 0.3) is 0 Å². The molecule has 0 aliphatic carbocycles. The largest absolute Gasteiger partial charge is 0.357 e. The Morgan fingerprint density at radius 2 is 1.77 bits per heavy atom. The van der Waals surface area contributed by atoms with Gasteiger partial charge in [0.2, 0.25) is 0 Å². The Kier molecular flexibility index (Phi) is 7.45. The van der Waals surface area contributed by atoms with Crippen molar-refractivity contribution in [1.82, 2.24) is 15.6 Å². The zero-order valence-electron chi connectivity index (χ0n) is 16.6. The Morgan fingerprint density at radius 3 is 2.35 bits per heavy atom. The summed E-state index contributed by atoms with van der Waals surface area (Å²) in [7, 11) is 1.79. The second kappa shape index (κ2) is 9.80. The van der Waals surface area contributed by atoms with E-state index in [-0.39, 0.29) is 0 Å². The van der Waals surface area contributed by atoms with Crippen LogP contribution in [0.2, 0.25) is 0 Å². The number of aromatic nitrogens is 1. The first-order valence-electron chi connectivity index (χ1n) is 9.27. The van der Waals surface area contributed by atoms with Crippen molar-refractivity contribution >= 4 is 11.8 Å². The molecule has 0 saturated carbocycles. The highest BCUT2D eigenvalue weighted by atomic mass is 15.2. The lowest BCUT2D eigenvalue weighted by molar-refractivity contribution is 0.800. The van der Waals surface area contributed by atoms with Gasteiger partial charge >= 0.3 is 0 Å². The van der Waals surface area contributed by atoms with Crippen LogP contribution in [0.4, 0.5) is 5.82 Å². The zero-order valence-corrected chi connectivity index (χ0v) is 16.6. The molecule has 5 nitrogen and oxygen atoms in total. The molecule has 0 aliphatic rings. The third-order valence-corrected chi connectivity index (χ3v) is 4.52. The number of nitrogens with zero attached hydrogens (tertiary/aromatic N) is 3. The maximum absolute atomic E-state index is 4.56. The van der Waals surface area contributed by atoms with E-state index in [0.717, 1.165) is 37.0 Å². The van der Waals surface area contributed by atoms with Crippen LogP contribution in [0.3, 0.4) is 0 Å². The van der Waals surface area contributed by atoms with Gasteiger partial charge in [-0.15, -0.1) is 0 Å². The molecule has 2 N–H and O–H groups in total. The number of nitrogens with one attached hydrogen (secondary N) is 2. The van der Waals surface area contributed by atoms with Crippen molar-refractivity contribution in [2.24, 2.45) is 4.99 Å². The van der Waals surface area contributed by atoms with Crippen LogP contribution in [0.15, 0.2) is 41.5 Å². The molecule has 140 valence electrons. The van der Waals surface area contributed by atoms with E-state index in [1.807, 2.05) is 6.20 Å². The van der Waals surface area contributed by atoms with Crippen LogP contribution in [0.5, 0.6) is 0 Å². The fourth-order valence-corrected chi connectivity index (χ4v) is 2.89. The summed E-state index contributed by atoms with van der Waals surface area (Å²) in [5.74, 6) is 1.81. The van der Waals surface area contributed by atoms with Crippen molar-refractivity contribution < 1.29 is 0 Å². The fraction of sp³-hybridized carbons (Fsp3) is 0.429. The first-order chi connectivity index (χ1) is 12.6. The van der Waals surface area contributed by atoms with Gasteiger partial charge in [0.25, 0.3) is 0 Å². The topological polar surface area (TPSA) is 52.5 Å². The molecule has 0 unspecified atom stereocenters. The van der Waals surface area contributed by atoms with Crippen LogP contribution in [-0.4, -0.2) is 31.1 Å². The maximum Gasteiger partial charge on any atom is 0.191 e. The Hall–Kier alpha value is -2.56. The summed E-state index contributed by atoms with van der Waals surface area (Å²) < 4.78 is 0. The maximum atomic E-state index is 4.56. The van der Waals surface area contributed by atoms with Crippen molar-refractivity contribution in [3.63, 3.8) is 0 Å². The SMILES string of the molecule is CCN(CC)c1ccc(CNC(=NC)NCc2ccc(C)cc2C)cn1. The summed E-state index contributed by atoms with van der Waals surface area (Å²) >= 11 is 0. The number of hydrogen-bond acceptors (Lipinski definition) is 3. The summed E-state index contributed by atoms with van der Waals surface area (Å²) in [6, 6.07) is 10.7. The Morgan fingerprint density at radius 1 is 1.04 bits per heavy atom. The molecule has 2 aromatic rings. The van der Waals surface area contributed by atoms with Crippen LogP contribution >= 0.6 is 0 Å². The lowest BCUT2D eigenvalue weighted by Gasteiger charge is -2.19.